The molecule has 3 nitrogen and oxygen atoms in total. The fourth-order valence-corrected chi connectivity index (χ4v) is 1.90. The molecular formula is C16H12ClFO3. The third-order valence-electron chi connectivity index (χ3n) is 2.74. The number of benzene rings is 2. The zero-order valence-corrected chi connectivity index (χ0v) is 11.9. The lowest BCUT2D eigenvalue weighted by Gasteiger charge is -2.10. The van der Waals surface area contributed by atoms with E-state index in [2.05, 4.69) is 0 Å². The summed E-state index contributed by atoms with van der Waals surface area (Å²) in [7, 11) is 0. The summed E-state index contributed by atoms with van der Waals surface area (Å²) in [5, 5.41) is 8.58. The van der Waals surface area contributed by atoms with Gasteiger partial charge < -0.3 is 9.84 Å². The summed E-state index contributed by atoms with van der Waals surface area (Å²) in [6.07, 6.45) is 2.56. The van der Waals surface area contributed by atoms with Crippen LogP contribution in [0.1, 0.15) is 11.1 Å². The predicted molar refractivity (Wildman–Crippen MR) is 79.3 cm³/mol. The summed E-state index contributed by atoms with van der Waals surface area (Å²) in [5.74, 6) is -0.493. The maximum atomic E-state index is 13.1. The number of ether oxygens (including phenoxy) is 1. The molecule has 108 valence electrons. The fourth-order valence-electron chi connectivity index (χ4n) is 1.73. The van der Waals surface area contributed by atoms with Gasteiger partial charge in [0.1, 0.15) is 17.3 Å². The number of hydrogen-bond acceptors (Lipinski definition) is 2. The Balaban J connectivity index is 2.21. The minimum Gasteiger partial charge on any atom is -0.478 e. The highest BCUT2D eigenvalue weighted by atomic mass is 35.5. The van der Waals surface area contributed by atoms with Crippen molar-refractivity contribution < 1.29 is 19.0 Å². The Hall–Kier alpha value is -2.33. The highest BCUT2D eigenvalue weighted by molar-refractivity contribution is 6.30. The molecule has 0 unspecified atom stereocenters. The summed E-state index contributed by atoms with van der Waals surface area (Å²) in [6, 6.07) is 9.35. The molecule has 5 heteroatoms. The predicted octanol–water partition coefficient (Wildman–Crippen LogP) is 4.68. The van der Waals surface area contributed by atoms with Crippen molar-refractivity contribution in [3.05, 3.63) is 64.4 Å². The van der Waals surface area contributed by atoms with Crippen molar-refractivity contribution in [3.63, 3.8) is 0 Å². The second-order valence-electron chi connectivity index (χ2n) is 4.37. The van der Waals surface area contributed by atoms with Crippen LogP contribution >= 0.6 is 11.6 Å². The van der Waals surface area contributed by atoms with Crippen LogP contribution in [-0.2, 0) is 4.79 Å². The second kappa shape index (κ2) is 6.41. The van der Waals surface area contributed by atoms with E-state index in [0.29, 0.717) is 11.5 Å². The lowest BCUT2D eigenvalue weighted by molar-refractivity contribution is -0.131. The van der Waals surface area contributed by atoms with E-state index in [1.165, 1.54) is 24.3 Å². The number of carboxylic acids is 1. The SMILES string of the molecule is Cc1cc(C=CC(=O)O)ccc1Oc1ccc(F)c(Cl)c1. The van der Waals surface area contributed by atoms with E-state index in [-0.39, 0.29) is 5.02 Å². The molecule has 0 fully saturated rings. The van der Waals surface area contributed by atoms with Gasteiger partial charge in [0, 0.05) is 12.1 Å². The number of halogens is 2. The normalized spacial score (nSPS) is 10.8. The number of aryl methyl sites for hydroxylation is 1. The van der Waals surface area contributed by atoms with Crippen LogP contribution in [0.15, 0.2) is 42.5 Å². The smallest absolute Gasteiger partial charge is 0.328 e. The van der Waals surface area contributed by atoms with E-state index >= 15 is 0 Å². The zero-order chi connectivity index (χ0) is 15.4. The van der Waals surface area contributed by atoms with Crippen LogP contribution in [-0.4, -0.2) is 11.1 Å². The molecule has 0 heterocycles. The summed E-state index contributed by atoms with van der Waals surface area (Å²) < 4.78 is 18.7. The number of hydrogen-bond donors (Lipinski definition) is 1. The highest BCUT2D eigenvalue weighted by Gasteiger charge is 2.05. The second-order valence-corrected chi connectivity index (χ2v) is 4.78. The monoisotopic (exact) mass is 306 g/mol. The van der Waals surface area contributed by atoms with Crippen LogP contribution in [0.4, 0.5) is 4.39 Å². The first-order valence-electron chi connectivity index (χ1n) is 6.10. The van der Waals surface area contributed by atoms with Crippen molar-refractivity contribution >= 4 is 23.6 Å². The molecule has 2 aromatic carbocycles. The van der Waals surface area contributed by atoms with Gasteiger partial charge in [0.25, 0.3) is 0 Å². The van der Waals surface area contributed by atoms with Gasteiger partial charge in [0.15, 0.2) is 0 Å². The van der Waals surface area contributed by atoms with E-state index < -0.39 is 11.8 Å². The van der Waals surface area contributed by atoms with E-state index in [9.17, 15) is 9.18 Å². The van der Waals surface area contributed by atoms with Gasteiger partial charge in [-0.25, -0.2) is 9.18 Å². The van der Waals surface area contributed by atoms with Crippen molar-refractivity contribution in [1.82, 2.24) is 0 Å². The lowest BCUT2D eigenvalue weighted by atomic mass is 10.1. The summed E-state index contributed by atoms with van der Waals surface area (Å²) in [6.45, 7) is 1.83. The number of rotatable bonds is 4. The van der Waals surface area contributed by atoms with Crippen LogP contribution in [0, 0.1) is 12.7 Å². The van der Waals surface area contributed by atoms with Gasteiger partial charge in [-0.1, -0.05) is 17.7 Å². The molecule has 0 aromatic heterocycles. The quantitative estimate of drug-likeness (QED) is 0.834. The third-order valence-corrected chi connectivity index (χ3v) is 3.03. The summed E-state index contributed by atoms with van der Waals surface area (Å²) >= 11 is 5.70. The van der Waals surface area contributed by atoms with Gasteiger partial charge in [0.2, 0.25) is 0 Å². The topological polar surface area (TPSA) is 46.5 Å². The summed E-state index contributed by atoms with van der Waals surface area (Å²) in [4.78, 5) is 10.5. The minimum absolute atomic E-state index is 0.00818. The van der Waals surface area contributed by atoms with Crippen LogP contribution in [0.25, 0.3) is 6.08 Å². The fraction of sp³-hybridized carbons (Fsp3) is 0.0625. The van der Waals surface area contributed by atoms with Crippen molar-refractivity contribution in [3.8, 4) is 11.5 Å². The van der Waals surface area contributed by atoms with Crippen LogP contribution in [0.5, 0.6) is 11.5 Å². The van der Waals surface area contributed by atoms with E-state index in [0.717, 1.165) is 17.2 Å². The molecule has 0 spiro atoms. The highest BCUT2D eigenvalue weighted by Crippen LogP contribution is 2.28. The minimum atomic E-state index is -1.01. The maximum Gasteiger partial charge on any atom is 0.328 e. The Bertz CT molecular complexity index is 711. The van der Waals surface area contributed by atoms with E-state index in [1.807, 2.05) is 6.92 Å². The van der Waals surface area contributed by atoms with Crippen LogP contribution in [0.2, 0.25) is 5.02 Å². The van der Waals surface area contributed by atoms with Crippen molar-refractivity contribution in [2.45, 2.75) is 6.92 Å². The number of carbonyl (C=O) groups is 1. The average molecular weight is 307 g/mol. The Morgan fingerprint density at radius 2 is 2.05 bits per heavy atom. The molecule has 21 heavy (non-hydrogen) atoms. The molecule has 0 saturated carbocycles. The number of carboxylic acid groups (broad SMARTS) is 1. The lowest BCUT2D eigenvalue weighted by Crippen LogP contribution is -1.90. The van der Waals surface area contributed by atoms with Crippen LogP contribution in [0.3, 0.4) is 0 Å². The molecule has 0 aliphatic carbocycles. The Kier molecular flexibility index (Phi) is 4.60. The molecule has 2 rings (SSSR count). The van der Waals surface area contributed by atoms with Gasteiger partial charge in [-0.15, -0.1) is 0 Å². The molecule has 0 aliphatic rings. The third kappa shape index (κ3) is 4.07. The largest absolute Gasteiger partial charge is 0.478 e. The average Bonchev–Trinajstić information content (AvgIpc) is 2.43. The molecule has 0 bridgehead atoms. The Labute approximate surface area is 126 Å². The van der Waals surface area contributed by atoms with Gasteiger partial charge in [-0.3, -0.25) is 0 Å². The molecule has 0 saturated heterocycles. The van der Waals surface area contributed by atoms with Gasteiger partial charge >= 0.3 is 5.97 Å². The maximum absolute atomic E-state index is 13.1. The molecule has 0 radical (unpaired) electrons. The first kappa shape index (κ1) is 15.1. The van der Waals surface area contributed by atoms with Crippen molar-refractivity contribution in [2.75, 3.05) is 0 Å². The molecule has 0 aliphatic heterocycles. The Morgan fingerprint density at radius 1 is 1.29 bits per heavy atom. The molecule has 1 N–H and O–H groups in total. The Morgan fingerprint density at radius 3 is 2.67 bits per heavy atom. The zero-order valence-electron chi connectivity index (χ0n) is 11.1. The van der Waals surface area contributed by atoms with E-state index in [1.54, 1.807) is 18.2 Å². The molecular weight excluding hydrogens is 295 g/mol. The first-order chi connectivity index (χ1) is 9.95. The molecule has 0 atom stereocenters. The summed E-state index contributed by atoms with van der Waals surface area (Å²) in [5.41, 5.74) is 1.57. The number of aliphatic carboxylic acids is 1. The van der Waals surface area contributed by atoms with Gasteiger partial charge in [0.05, 0.1) is 5.02 Å². The van der Waals surface area contributed by atoms with Crippen molar-refractivity contribution in [1.29, 1.82) is 0 Å². The van der Waals surface area contributed by atoms with Crippen molar-refractivity contribution in [2.24, 2.45) is 0 Å². The van der Waals surface area contributed by atoms with Gasteiger partial charge in [-0.05, 0) is 48.4 Å². The first-order valence-corrected chi connectivity index (χ1v) is 6.48. The van der Waals surface area contributed by atoms with Gasteiger partial charge in [-0.2, -0.15) is 0 Å². The molecule has 2 aromatic rings. The standard InChI is InChI=1S/C16H12ClFO3/c1-10-8-11(3-7-16(19)20)2-6-15(10)21-12-4-5-14(18)13(17)9-12/h2-9H,1H3,(H,19,20). The molecule has 0 amide bonds. The van der Waals surface area contributed by atoms with Crippen LogP contribution < -0.4 is 4.74 Å². The van der Waals surface area contributed by atoms with E-state index in [4.69, 9.17) is 21.4 Å².